The Hall–Kier alpha value is -1.95. The average Bonchev–Trinajstić information content (AvgIpc) is 2.34. The summed E-state index contributed by atoms with van der Waals surface area (Å²) in [4.78, 5) is 10.4. The lowest BCUT2D eigenvalue weighted by Crippen LogP contribution is -1.97. The Morgan fingerprint density at radius 2 is 1.83 bits per heavy atom. The number of benzene rings is 2. The molecule has 0 fully saturated rings. The molecule has 0 aliphatic carbocycles. The van der Waals surface area contributed by atoms with Crippen LogP contribution in [0.4, 0.5) is 21.5 Å². The number of anilines is 2. The molecule has 18 heavy (non-hydrogen) atoms. The van der Waals surface area contributed by atoms with Gasteiger partial charge in [0.25, 0.3) is 5.69 Å². The Balaban J connectivity index is 2.34. The van der Waals surface area contributed by atoms with Crippen molar-refractivity contribution in [2.24, 2.45) is 0 Å². The molecule has 0 aliphatic rings. The highest BCUT2D eigenvalue weighted by molar-refractivity contribution is 9.10. The van der Waals surface area contributed by atoms with Gasteiger partial charge in [0.05, 0.1) is 4.92 Å². The fourth-order valence-electron chi connectivity index (χ4n) is 1.45. The molecule has 2 rings (SSSR count). The summed E-state index contributed by atoms with van der Waals surface area (Å²) in [6.45, 7) is 0. The van der Waals surface area contributed by atoms with Gasteiger partial charge in [-0.1, -0.05) is 15.9 Å². The monoisotopic (exact) mass is 310 g/mol. The molecule has 0 radical (unpaired) electrons. The van der Waals surface area contributed by atoms with Gasteiger partial charge in [0.2, 0.25) is 0 Å². The number of nitro groups is 1. The van der Waals surface area contributed by atoms with E-state index in [0.29, 0.717) is 15.8 Å². The second-order valence-corrected chi connectivity index (χ2v) is 4.47. The van der Waals surface area contributed by atoms with Gasteiger partial charge in [-0.2, -0.15) is 0 Å². The van der Waals surface area contributed by atoms with Crippen molar-refractivity contribution in [3.63, 3.8) is 0 Å². The molecule has 0 heterocycles. The Kier molecular flexibility index (Phi) is 3.57. The summed E-state index contributed by atoms with van der Waals surface area (Å²) in [5.74, 6) is -0.356. The summed E-state index contributed by atoms with van der Waals surface area (Å²) in [7, 11) is 0. The van der Waals surface area contributed by atoms with Crippen molar-refractivity contribution in [1.82, 2.24) is 0 Å². The molecule has 0 amide bonds. The summed E-state index contributed by atoms with van der Waals surface area (Å²) < 4.78 is 13.4. The van der Waals surface area contributed by atoms with Crippen molar-refractivity contribution in [1.29, 1.82) is 0 Å². The van der Waals surface area contributed by atoms with Crippen LogP contribution < -0.4 is 5.32 Å². The molecular weight excluding hydrogens is 303 g/mol. The van der Waals surface area contributed by atoms with E-state index < -0.39 is 4.92 Å². The number of nitro benzene ring substituents is 1. The minimum absolute atomic E-state index is 0.0475. The van der Waals surface area contributed by atoms with Crippen LogP contribution in [0.25, 0.3) is 0 Å². The summed E-state index contributed by atoms with van der Waals surface area (Å²) in [5, 5.41) is 13.8. The molecular formula is C12H8BrFN2O2. The van der Waals surface area contributed by atoms with E-state index in [0.717, 1.165) is 0 Å². The molecule has 1 N–H and O–H groups in total. The Morgan fingerprint density at radius 1 is 1.17 bits per heavy atom. The van der Waals surface area contributed by atoms with E-state index in [1.54, 1.807) is 12.1 Å². The quantitative estimate of drug-likeness (QED) is 0.681. The minimum atomic E-state index is -0.476. The van der Waals surface area contributed by atoms with E-state index in [4.69, 9.17) is 0 Å². The third-order valence-corrected chi connectivity index (χ3v) is 2.77. The van der Waals surface area contributed by atoms with E-state index in [9.17, 15) is 14.5 Å². The lowest BCUT2D eigenvalue weighted by molar-refractivity contribution is -0.384. The van der Waals surface area contributed by atoms with Crippen molar-refractivity contribution in [3.8, 4) is 0 Å². The molecule has 92 valence electrons. The van der Waals surface area contributed by atoms with E-state index in [1.807, 2.05) is 0 Å². The molecule has 0 aliphatic heterocycles. The fourth-order valence-corrected chi connectivity index (χ4v) is 1.80. The molecule has 2 aromatic carbocycles. The number of nitrogens with zero attached hydrogens (tertiary/aromatic N) is 1. The summed E-state index contributed by atoms with van der Waals surface area (Å²) in [6.07, 6.45) is 0. The Labute approximate surface area is 111 Å². The first-order chi connectivity index (χ1) is 8.56. The van der Waals surface area contributed by atoms with Crippen LogP contribution in [-0.2, 0) is 0 Å². The molecule has 0 aromatic heterocycles. The van der Waals surface area contributed by atoms with E-state index >= 15 is 0 Å². The number of hydrogen-bond donors (Lipinski definition) is 1. The fraction of sp³-hybridized carbons (Fsp3) is 0. The standard InChI is InChI=1S/C12H8BrFN2O2/c13-8-1-6-11(12(7-8)16(17)18)15-10-4-2-9(14)3-5-10/h1-7,15H. The second kappa shape index (κ2) is 5.14. The van der Waals surface area contributed by atoms with Crippen molar-refractivity contribution < 1.29 is 9.31 Å². The molecule has 0 atom stereocenters. The first-order valence-electron chi connectivity index (χ1n) is 5.03. The van der Waals surface area contributed by atoms with Crippen molar-refractivity contribution in [2.75, 3.05) is 5.32 Å². The van der Waals surface area contributed by atoms with Gasteiger partial charge in [-0.3, -0.25) is 10.1 Å². The van der Waals surface area contributed by atoms with Gasteiger partial charge in [0.15, 0.2) is 0 Å². The molecule has 0 bridgehead atoms. The third kappa shape index (κ3) is 2.84. The molecule has 0 spiro atoms. The topological polar surface area (TPSA) is 55.2 Å². The summed E-state index contributed by atoms with van der Waals surface area (Å²) in [6, 6.07) is 10.3. The van der Waals surface area contributed by atoms with Crippen molar-refractivity contribution >= 4 is 33.0 Å². The SMILES string of the molecule is O=[N+]([O-])c1cc(Br)ccc1Nc1ccc(F)cc1. The van der Waals surface area contributed by atoms with Crippen LogP contribution in [0.1, 0.15) is 0 Å². The van der Waals surface area contributed by atoms with Gasteiger partial charge >= 0.3 is 0 Å². The Bertz CT molecular complexity index is 587. The largest absolute Gasteiger partial charge is 0.350 e. The highest BCUT2D eigenvalue weighted by Gasteiger charge is 2.14. The number of rotatable bonds is 3. The summed E-state index contributed by atoms with van der Waals surface area (Å²) in [5.41, 5.74) is 0.894. The van der Waals surface area contributed by atoms with Gasteiger partial charge in [-0.15, -0.1) is 0 Å². The average molecular weight is 311 g/mol. The molecule has 0 saturated carbocycles. The molecule has 0 saturated heterocycles. The predicted octanol–water partition coefficient (Wildman–Crippen LogP) is 4.24. The van der Waals surface area contributed by atoms with Gasteiger partial charge in [0, 0.05) is 16.2 Å². The highest BCUT2D eigenvalue weighted by atomic mass is 79.9. The molecule has 0 unspecified atom stereocenters. The third-order valence-electron chi connectivity index (χ3n) is 2.28. The maximum Gasteiger partial charge on any atom is 0.293 e. The Morgan fingerprint density at radius 3 is 2.44 bits per heavy atom. The van der Waals surface area contributed by atoms with Crippen LogP contribution in [0.2, 0.25) is 0 Å². The van der Waals surface area contributed by atoms with Gasteiger partial charge in [-0.05, 0) is 36.4 Å². The van der Waals surface area contributed by atoms with Crippen LogP contribution in [0, 0.1) is 15.9 Å². The number of halogens is 2. The van der Waals surface area contributed by atoms with Crippen LogP contribution in [0.3, 0.4) is 0 Å². The van der Waals surface area contributed by atoms with Crippen molar-refractivity contribution in [3.05, 3.63) is 62.9 Å². The molecule has 6 heteroatoms. The highest BCUT2D eigenvalue weighted by Crippen LogP contribution is 2.30. The van der Waals surface area contributed by atoms with Crippen molar-refractivity contribution in [2.45, 2.75) is 0 Å². The zero-order valence-corrected chi connectivity index (χ0v) is 10.6. The maximum atomic E-state index is 12.7. The maximum absolute atomic E-state index is 12.7. The lowest BCUT2D eigenvalue weighted by atomic mass is 10.2. The number of nitrogens with one attached hydrogen (secondary N) is 1. The normalized spacial score (nSPS) is 10.1. The first kappa shape index (κ1) is 12.5. The van der Waals surface area contributed by atoms with Crippen LogP contribution in [-0.4, -0.2) is 4.92 Å². The second-order valence-electron chi connectivity index (χ2n) is 3.55. The molecule has 2 aromatic rings. The summed E-state index contributed by atoms with van der Waals surface area (Å²) >= 11 is 3.18. The predicted molar refractivity (Wildman–Crippen MR) is 70.5 cm³/mol. The smallest absolute Gasteiger partial charge is 0.293 e. The zero-order valence-electron chi connectivity index (χ0n) is 9.06. The first-order valence-corrected chi connectivity index (χ1v) is 5.82. The van der Waals surface area contributed by atoms with Crippen LogP contribution in [0.15, 0.2) is 46.9 Å². The van der Waals surface area contributed by atoms with Crippen LogP contribution >= 0.6 is 15.9 Å². The van der Waals surface area contributed by atoms with E-state index in [2.05, 4.69) is 21.2 Å². The lowest BCUT2D eigenvalue weighted by Gasteiger charge is -2.07. The van der Waals surface area contributed by atoms with Crippen LogP contribution in [0.5, 0.6) is 0 Å². The van der Waals surface area contributed by atoms with Gasteiger partial charge < -0.3 is 5.32 Å². The van der Waals surface area contributed by atoms with E-state index in [1.165, 1.54) is 30.3 Å². The minimum Gasteiger partial charge on any atom is -0.350 e. The van der Waals surface area contributed by atoms with E-state index in [-0.39, 0.29) is 11.5 Å². The van der Waals surface area contributed by atoms with Gasteiger partial charge in [-0.25, -0.2) is 4.39 Å². The number of hydrogen-bond acceptors (Lipinski definition) is 3. The van der Waals surface area contributed by atoms with Gasteiger partial charge in [0.1, 0.15) is 11.5 Å². The molecule has 4 nitrogen and oxygen atoms in total. The zero-order chi connectivity index (χ0) is 13.1.